The van der Waals surface area contributed by atoms with E-state index in [2.05, 4.69) is 41.6 Å². The van der Waals surface area contributed by atoms with Crippen molar-refractivity contribution in [3.63, 3.8) is 0 Å². The van der Waals surface area contributed by atoms with Crippen LogP contribution in [0.5, 0.6) is 11.5 Å². The molecule has 150 valence electrons. The molecule has 0 amide bonds. The van der Waals surface area contributed by atoms with Crippen molar-refractivity contribution in [1.82, 2.24) is 10.6 Å². The number of rotatable bonds is 8. The zero-order chi connectivity index (χ0) is 19.3. The first-order valence-electron chi connectivity index (χ1n) is 9.82. The number of guanidine groups is 1. The minimum Gasteiger partial charge on any atom is -0.454 e. The Kier molecular flexibility index (Phi) is 6.15. The highest BCUT2D eigenvalue weighted by Gasteiger charge is 2.36. The molecular formula is C21H33N3O3. The molecule has 0 spiro atoms. The van der Waals surface area contributed by atoms with Crippen molar-refractivity contribution in [2.45, 2.75) is 44.9 Å². The molecule has 0 aromatic heterocycles. The Morgan fingerprint density at radius 1 is 1.22 bits per heavy atom. The van der Waals surface area contributed by atoms with E-state index in [0.717, 1.165) is 43.6 Å². The molecule has 6 nitrogen and oxygen atoms in total. The number of fused-ring (bicyclic) bond motifs is 1. The summed E-state index contributed by atoms with van der Waals surface area (Å²) in [7, 11) is 3.60. The number of nitrogens with one attached hydrogen (secondary N) is 2. The van der Waals surface area contributed by atoms with Crippen LogP contribution in [0.3, 0.4) is 0 Å². The van der Waals surface area contributed by atoms with Gasteiger partial charge >= 0.3 is 0 Å². The van der Waals surface area contributed by atoms with Crippen LogP contribution in [-0.2, 0) is 10.2 Å². The first-order valence-corrected chi connectivity index (χ1v) is 9.82. The van der Waals surface area contributed by atoms with Gasteiger partial charge in [-0.15, -0.1) is 0 Å². The van der Waals surface area contributed by atoms with Crippen molar-refractivity contribution >= 4 is 5.96 Å². The lowest BCUT2D eigenvalue weighted by atomic mass is 9.67. The van der Waals surface area contributed by atoms with Gasteiger partial charge in [0.25, 0.3) is 0 Å². The molecule has 0 radical (unpaired) electrons. The second-order valence-corrected chi connectivity index (χ2v) is 8.33. The van der Waals surface area contributed by atoms with Gasteiger partial charge in [0.1, 0.15) is 0 Å². The summed E-state index contributed by atoms with van der Waals surface area (Å²) in [5, 5.41) is 7.01. The molecule has 6 heteroatoms. The van der Waals surface area contributed by atoms with Gasteiger partial charge < -0.3 is 24.8 Å². The quantitative estimate of drug-likeness (QED) is 0.540. The van der Waals surface area contributed by atoms with E-state index in [9.17, 15) is 0 Å². The van der Waals surface area contributed by atoms with E-state index in [-0.39, 0.29) is 5.41 Å². The second kappa shape index (κ2) is 8.38. The van der Waals surface area contributed by atoms with E-state index in [4.69, 9.17) is 14.2 Å². The summed E-state index contributed by atoms with van der Waals surface area (Å²) in [4.78, 5) is 4.40. The summed E-state index contributed by atoms with van der Waals surface area (Å²) in [5.74, 6) is 2.50. The molecule has 0 saturated heterocycles. The summed E-state index contributed by atoms with van der Waals surface area (Å²) in [6.07, 6.45) is 4.96. The summed E-state index contributed by atoms with van der Waals surface area (Å²) in [6.45, 7) is 7.29. The van der Waals surface area contributed by atoms with Crippen LogP contribution in [-0.4, -0.2) is 46.6 Å². The number of ether oxygens (including phenoxy) is 3. The first kappa shape index (κ1) is 19.8. The zero-order valence-corrected chi connectivity index (χ0v) is 17.1. The average Bonchev–Trinajstić information content (AvgIpc) is 3.10. The molecule has 1 aromatic rings. The topological polar surface area (TPSA) is 64.1 Å². The highest BCUT2D eigenvalue weighted by Crippen LogP contribution is 2.43. The third-order valence-corrected chi connectivity index (χ3v) is 5.96. The van der Waals surface area contributed by atoms with Gasteiger partial charge in [0.15, 0.2) is 17.5 Å². The lowest BCUT2D eigenvalue weighted by Gasteiger charge is -2.42. The Morgan fingerprint density at radius 2 is 2.00 bits per heavy atom. The predicted molar refractivity (Wildman–Crippen MR) is 108 cm³/mol. The van der Waals surface area contributed by atoms with Crippen LogP contribution in [0.2, 0.25) is 0 Å². The fraction of sp³-hybridized carbons (Fsp3) is 0.667. The first-order chi connectivity index (χ1) is 13.0. The maximum Gasteiger partial charge on any atom is 0.231 e. The Hall–Kier alpha value is -1.95. The average molecular weight is 376 g/mol. The fourth-order valence-electron chi connectivity index (χ4n) is 3.73. The van der Waals surface area contributed by atoms with Crippen molar-refractivity contribution < 1.29 is 14.2 Å². The van der Waals surface area contributed by atoms with E-state index in [1.807, 2.05) is 13.1 Å². The van der Waals surface area contributed by atoms with Crippen LogP contribution in [0.15, 0.2) is 23.2 Å². The van der Waals surface area contributed by atoms with E-state index >= 15 is 0 Å². The molecule has 2 N–H and O–H groups in total. The fourth-order valence-corrected chi connectivity index (χ4v) is 3.73. The van der Waals surface area contributed by atoms with Crippen LogP contribution in [0.1, 0.15) is 45.1 Å². The van der Waals surface area contributed by atoms with Crippen molar-refractivity contribution in [3.8, 4) is 11.5 Å². The van der Waals surface area contributed by atoms with Gasteiger partial charge in [-0.3, -0.25) is 4.99 Å². The van der Waals surface area contributed by atoms with Gasteiger partial charge in [0, 0.05) is 39.3 Å². The van der Waals surface area contributed by atoms with Crippen LogP contribution in [0.4, 0.5) is 0 Å². The number of nitrogens with zero attached hydrogens (tertiary/aromatic N) is 1. The van der Waals surface area contributed by atoms with Gasteiger partial charge in [-0.1, -0.05) is 26.3 Å². The normalized spacial score (nSPS) is 18.1. The molecule has 3 rings (SSSR count). The van der Waals surface area contributed by atoms with Crippen molar-refractivity contribution in [1.29, 1.82) is 0 Å². The van der Waals surface area contributed by atoms with Gasteiger partial charge in [-0.05, 0) is 42.4 Å². The smallest absolute Gasteiger partial charge is 0.231 e. The van der Waals surface area contributed by atoms with Crippen LogP contribution >= 0.6 is 0 Å². The van der Waals surface area contributed by atoms with E-state index < -0.39 is 0 Å². The summed E-state index contributed by atoms with van der Waals surface area (Å²) < 4.78 is 16.2. The van der Waals surface area contributed by atoms with E-state index in [1.165, 1.54) is 24.8 Å². The standard InChI is InChI=1S/C21H33N3O3/c1-20(2,16-6-7-17-18(12-16)27-15-26-17)13-23-19(22-3)24-14-21(8-5-9-21)10-11-25-4/h6-7,12H,5,8-11,13-15H2,1-4H3,(H2,22,23,24). The maximum absolute atomic E-state index is 5.52. The number of benzene rings is 1. The van der Waals surface area contributed by atoms with Crippen LogP contribution in [0, 0.1) is 5.41 Å². The largest absolute Gasteiger partial charge is 0.454 e. The van der Waals surface area contributed by atoms with Crippen LogP contribution < -0.4 is 20.1 Å². The molecule has 1 saturated carbocycles. The lowest BCUT2D eigenvalue weighted by Crippen LogP contribution is -2.49. The number of hydrogen-bond donors (Lipinski definition) is 2. The Labute approximate surface area is 162 Å². The minimum absolute atomic E-state index is 0.0667. The predicted octanol–water partition coefficient (Wildman–Crippen LogP) is 3.06. The molecule has 0 atom stereocenters. The SMILES string of the molecule is CN=C(NCC1(CCOC)CCC1)NCC(C)(C)c1ccc2c(c1)OCO2. The Balaban J connectivity index is 1.54. The molecule has 1 aliphatic carbocycles. The number of aliphatic imine (C=N–C) groups is 1. The van der Waals surface area contributed by atoms with Gasteiger partial charge in [-0.2, -0.15) is 0 Å². The summed E-state index contributed by atoms with van der Waals surface area (Å²) in [5.41, 5.74) is 1.51. The molecule has 1 aromatic carbocycles. The van der Waals surface area contributed by atoms with Gasteiger partial charge in [-0.25, -0.2) is 0 Å². The van der Waals surface area contributed by atoms with E-state index in [0.29, 0.717) is 12.2 Å². The van der Waals surface area contributed by atoms with Crippen molar-refractivity contribution in [2.24, 2.45) is 10.4 Å². The molecule has 1 fully saturated rings. The number of methoxy groups -OCH3 is 1. The van der Waals surface area contributed by atoms with Crippen LogP contribution in [0.25, 0.3) is 0 Å². The molecule has 0 bridgehead atoms. The third kappa shape index (κ3) is 4.67. The molecule has 1 aliphatic heterocycles. The van der Waals surface area contributed by atoms with Gasteiger partial charge in [0.05, 0.1) is 0 Å². The second-order valence-electron chi connectivity index (χ2n) is 8.33. The summed E-state index contributed by atoms with van der Waals surface area (Å²) in [6, 6.07) is 6.18. The zero-order valence-electron chi connectivity index (χ0n) is 17.1. The minimum atomic E-state index is -0.0667. The maximum atomic E-state index is 5.52. The monoisotopic (exact) mass is 375 g/mol. The lowest BCUT2D eigenvalue weighted by molar-refractivity contribution is 0.0732. The molecular weight excluding hydrogens is 342 g/mol. The van der Waals surface area contributed by atoms with E-state index in [1.54, 1.807) is 7.11 Å². The van der Waals surface area contributed by atoms with Crippen molar-refractivity contribution in [2.75, 3.05) is 40.6 Å². The highest BCUT2D eigenvalue weighted by molar-refractivity contribution is 5.79. The Bertz CT molecular complexity index is 669. The van der Waals surface area contributed by atoms with Crippen molar-refractivity contribution in [3.05, 3.63) is 23.8 Å². The summed E-state index contributed by atoms with van der Waals surface area (Å²) >= 11 is 0. The highest BCUT2D eigenvalue weighted by atomic mass is 16.7. The number of hydrogen-bond acceptors (Lipinski definition) is 4. The molecule has 2 aliphatic rings. The molecule has 27 heavy (non-hydrogen) atoms. The third-order valence-electron chi connectivity index (χ3n) is 5.96. The Morgan fingerprint density at radius 3 is 2.67 bits per heavy atom. The molecule has 1 heterocycles. The molecule has 0 unspecified atom stereocenters. The van der Waals surface area contributed by atoms with Gasteiger partial charge in [0.2, 0.25) is 6.79 Å².